The van der Waals surface area contributed by atoms with E-state index in [4.69, 9.17) is 14.2 Å². The highest BCUT2D eigenvalue weighted by Crippen LogP contribution is 2.40. The molecule has 0 saturated carbocycles. The fourth-order valence-electron chi connectivity index (χ4n) is 3.22. The molecule has 7 heteroatoms. The molecule has 0 atom stereocenters. The van der Waals surface area contributed by atoms with Crippen molar-refractivity contribution in [2.24, 2.45) is 0 Å². The Balaban J connectivity index is 2.07. The first kappa shape index (κ1) is 21.6. The van der Waals surface area contributed by atoms with E-state index in [9.17, 15) is 9.59 Å². The first-order valence-corrected chi connectivity index (χ1v) is 10.8. The zero-order chi connectivity index (χ0) is 21.5. The molecule has 158 valence electrons. The summed E-state index contributed by atoms with van der Waals surface area (Å²) in [6, 6.07) is 11.2. The molecule has 0 amide bonds. The first-order chi connectivity index (χ1) is 14.6. The predicted octanol–water partition coefficient (Wildman–Crippen LogP) is 4.64. The van der Waals surface area contributed by atoms with Crippen LogP contribution in [0, 0.1) is 0 Å². The minimum atomic E-state index is -0.540. The van der Waals surface area contributed by atoms with Gasteiger partial charge in [-0.25, -0.2) is 9.59 Å². The Morgan fingerprint density at radius 2 is 1.50 bits per heavy atom. The normalized spacial score (nSPS) is 14.0. The topological polar surface area (TPSA) is 65.1 Å². The van der Waals surface area contributed by atoms with Gasteiger partial charge in [-0.1, -0.05) is 6.07 Å². The van der Waals surface area contributed by atoms with E-state index in [1.165, 1.54) is 11.3 Å². The average molecular weight is 428 g/mol. The van der Waals surface area contributed by atoms with Crippen LogP contribution in [-0.4, -0.2) is 31.8 Å². The lowest BCUT2D eigenvalue weighted by Gasteiger charge is -2.29. The summed E-state index contributed by atoms with van der Waals surface area (Å²) in [7, 11) is 0. The van der Waals surface area contributed by atoms with Gasteiger partial charge in [-0.15, -0.1) is 11.3 Å². The molecule has 0 unspecified atom stereocenters. The Kier molecular flexibility index (Phi) is 7.30. The van der Waals surface area contributed by atoms with E-state index in [0.717, 1.165) is 16.3 Å². The van der Waals surface area contributed by atoms with E-state index in [2.05, 4.69) is 0 Å². The number of nitrogens with zero attached hydrogens (tertiary/aromatic N) is 1. The third-order valence-corrected chi connectivity index (χ3v) is 5.41. The van der Waals surface area contributed by atoms with Crippen LogP contribution in [0.5, 0.6) is 5.75 Å². The minimum Gasteiger partial charge on any atom is -0.494 e. The van der Waals surface area contributed by atoms with Crippen molar-refractivity contribution in [1.29, 1.82) is 0 Å². The number of ether oxygens (including phenoxy) is 3. The fourth-order valence-corrected chi connectivity index (χ4v) is 4.08. The third kappa shape index (κ3) is 4.74. The monoisotopic (exact) mass is 427 g/mol. The largest absolute Gasteiger partial charge is 0.494 e. The summed E-state index contributed by atoms with van der Waals surface area (Å²) in [5.74, 6) is -0.704. The van der Waals surface area contributed by atoms with Crippen molar-refractivity contribution in [3.63, 3.8) is 0 Å². The summed E-state index contributed by atoms with van der Waals surface area (Å²) in [5, 5.41) is 1.92. The standard InChI is InChI=1S/C23H25NO5S/c1-4-27-17-11-9-16(10-12-17)24-14-18(22(25)28-5-2)21(20-8-7-13-30-20)19(15-24)23(26)29-6-3/h7-15,21H,4-6H2,1-3H3. The number of hydrogen-bond donors (Lipinski definition) is 0. The van der Waals surface area contributed by atoms with Gasteiger partial charge < -0.3 is 19.1 Å². The quantitative estimate of drug-likeness (QED) is 0.572. The molecular formula is C23H25NO5S. The summed E-state index contributed by atoms with van der Waals surface area (Å²) >= 11 is 1.48. The Bertz CT molecular complexity index is 895. The van der Waals surface area contributed by atoms with Crippen LogP contribution in [0.1, 0.15) is 31.6 Å². The zero-order valence-electron chi connectivity index (χ0n) is 17.3. The third-order valence-electron chi connectivity index (χ3n) is 4.47. The van der Waals surface area contributed by atoms with E-state index in [0.29, 0.717) is 17.8 Å². The minimum absolute atomic E-state index is 0.245. The van der Waals surface area contributed by atoms with Crippen LogP contribution < -0.4 is 9.64 Å². The Hall–Kier alpha value is -3.06. The number of carbonyl (C=O) groups excluding carboxylic acids is 2. The van der Waals surface area contributed by atoms with Gasteiger partial charge in [-0.2, -0.15) is 0 Å². The van der Waals surface area contributed by atoms with E-state index >= 15 is 0 Å². The molecule has 2 aromatic rings. The highest BCUT2D eigenvalue weighted by molar-refractivity contribution is 7.10. The average Bonchev–Trinajstić information content (AvgIpc) is 3.28. The van der Waals surface area contributed by atoms with Gasteiger partial charge in [-0.05, 0) is 56.5 Å². The molecule has 0 aliphatic carbocycles. The smallest absolute Gasteiger partial charge is 0.336 e. The maximum atomic E-state index is 12.8. The molecule has 0 fully saturated rings. The van der Waals surface area contributed by atoms with Gasteiger partial charge in [0.1, 0.15) is 5.75 Å². The lowest BCUT2D eigenvalue weighted by atomic mass is 9.87. The van der Waals surface area contributed by atoms with E-state index in [1.54, 1.807) is 31.1 Å². The molecule has 1 aromatic carbocycles. The second kappa shape index (κ2) is 10.1. The summed E-state index contributed by atoms with van der Waals surface area (Å²) in [5.41, 5.74) is 1.56. The highest BCUT2D eigenvalue weighted by atomic mass is 32.1. The van der Waals surface area contributed by atoms with Crippen LogP contribution in [-0.2, 0) is 19.1 Å². The number of anilines is 1. The number of thiophene rings is 1. The number of esters is 2. The summed E-state index contributed by atoms with van der Waals surface area (Å²) in [6.07, 6.45) is 3.45. The van der Waals surface area contributed by atoms with Crippen molar-refractivity contribution >= 4 is 29.0 Å². The second-order valence-electron chi connectivity index (χ2n) is 6.39. The molecule has 1 aliphatic heterocycles. The lowest BCUT2D eigenvalue weighted by Crippen LogP contribution is -2.29. The summed E-state index contributed by atoms with van der Waals surface area (Å²) < 4.78 is 16.1. The zero-order valence-corrected chi connectivity index (χ0v) is 18.1. The van der Waals surface area contributed by atoms with Crippen molar-refractivity contribution < 1.29 is 23.8 Å². The highest BCUT2D eigenvalue weighted by Gasteiger charge is 2.36. The van der Waals surface area contributed by atoms with Crippen LogP contribution in [0.25, 0.3) is 0 Å². The predicted molar refractivity (Wildman–Crippen MR) is 117 cm³/mol. The van der Waals surface area contributed by atoms with Crippen molar-refractivity contribution in [3.8, 4) is 5.75 Å². The summed E-state index contributed by atoms with van der Waals surface area (Å²) in [4.78, 5) is 28.3. The van der Waals surface area contributed by atoms with E-state index in [-0.39, 0.29) is 13.2 Å². The molecule has 6 nitrogen and oxygen atoms in total. The molecule has 0 bridgehead atoms. The molecule has 0 N–H and O–H groups in total. The first-order valence-electron chi connectivity index (χ1n) is 9.91. The van der Waals surface area contributed by atoms with Crippen LogP contribution in [0.15, 0.2) is 65.3 Å². The molecule has 3 rings (SSSR count). The van der Waals surface area contributed by atoms with Crippen molar-refractivity contribution in [2.75, 3.05) is 24.7 Å². The molecule has 2 heterocycles. The fraction of sp³-hybridized carbons (Fsp3) is 0.304. The van der Waals surface area contributed by atoms with Gasteiger partial charge >= 0.3 is 11.9 Å². The van der Waals surface area contributed by atoms with Gasteiger partial charge in [0, 0.05) is 23.0 Å². The lowest BCUT2D eigenvalue weighted by molar-refractivity contribution is -0.139. The SMILES string of the molecule is CCOC(=O)C1=CN(c2ccc(OCC)cc2)C=C(C(=O)OCC)C1c1cccs1. The summed E-state index contributed by atoms with van der Waals surface area (Å²) in [6.45, 7) is 6.50. The Labute approximate surface area is 180 Å². The van der Waals surface area contributed by atoms with Crippen molar-refractivity contribution in [2.45, 2.75) is 26.7 Å². The van der Waals surface area contributed by atoms with Crippen LogP contribution >= 0.6 is 11.3 Å². The van der Waals surface area contributed by atoms with Crippen LogP contribution in [0.3, 0.4) is 0 Å². The number of hydrogen-bond acceptors (Lipinski definition) is 7. The molecule has 30 heavy (non-hydrogen) atoms. The van der Waals surface area contributed by atoms with E-state index < -0.39 is 17.9 Å². The van der Waals surface area contributed by atoms with Gasteiger partial charge in [0.05, 0.1) is 36.9 Å². The maximum Gasteiger partial charge on any atom is 0.336 e. The van der Waals surface area contributed by atoms with Gasteiger partial charge in [0.2, 0.25) is 0 Å². The number of rotatable bonds is 8. The molecule has 1 aliphatic rings. The van der Waals surface area contributed by atoms with Crippen molar-refractivity contribution in [3.05, 3.63) is 70.2 Å². The molecular weight excluding hydrogens is 402 g/mol. The van der Waals surface area contributed by atoms with Gasteiger partial charge in [0.15, 0.2) is 0 Å². The Morgan fingerprint density at radius 3 is 1.97 bits per heavy atom. The van der Waals surface area contributed by atoms with Gasteiger partial charge in [0.25, 0.3) is 0 Å². The van der Waals surface area contributed by atoms with Gasteiger partial charge in [-0.3, -0.25) is 0 Å². The molecule has 0 saturated heterocycles. The number of benzene rings is 1. The maximum absolute atomic E-state index is 12.8. The van der Waals surface area contributed by atoms with Crippen molar-refractivity contribution in [1.82, 2.24) is 0 Å². The second-order valence-corrected chi connectivity index (χ2v) is 7.37. The number of carbonyl (C=O) groups is 2. The van der Waals surface area contributed by atoms with Crippen LogP contribution in [0.4, 0.5) is 5.69 Å². The molecule has 0 spiro atoms. The Morgan fingerprint density at radius 1 is 0.900 bits per heavy atom. The van der Waals surface area contributed by atoms with E-state index in [1.807, 2.05) is 48.7 Å². The van der Waals surface area contributed by atoms with Crippen LogP contribution in [0.2, 0.25) is 0 Å². The molecule has 0 radical (unpaired) electrons. The molecule has 1 aromatic heterocycles.